The zero-order valence-electron chi connectivity index (χ0n) is 18.4. The van der Waals surface area contributed by atoms with Crippen LogP contribution in [0.4, 0.5) is 5.95 Å². The molecule has 0 aliphatic heterocycles. The largest absolute Gasteiger partial charge is 0.494 e. The number of aryl methyl sites for hydroxylation is 2. The zero-order chi connectivity index (χ0) is 23.2. The number of nitrogens with one attached hydrogen (secondary N) is 2. The molecule has 0 spiro atoms. The first kappa shape index (κ1) is 21.8. The number of ether oxygens (including phenoxy) is 2. The molecule has 10 nitrogen and oxygen atoms in total. The quantitative estimate of drug-likeness (QED) is 0.314. The number of nitrogens with zero attached hydrogens (tertiary/aromatic N) is 5. The maximum Gasteiger partial charge on any atom is 0.274 e. The summed E-state index contributed by atoms with van der Waals surface area (Å²) in [6.45, 7) is 5.96. The topological polar surface area (TPSA) is 119 Å². The lowest BCUT2D eigenvalue weighted by atomic mass is 10.2. The van der Waals surface area contributed by atoms with E-state index in [0.29, 0.717) is 29.5 Å². The van der Waals surface area contributed by atoms with Gasteiger partial charge in [0.2, 0.25) is 11.8 Å². The Kier molecular flexibility index (Phi) is 6.44. The fraction of sp³-hybridized carbons (Fsp3) is 0.174. The van der Waals surface area contributed by atoms with E-state index in [2.05, 4.69) is 30.8 Å². The predicted octanol–water partition coefficient (Wildman–Crippen LogP) is 3.60. The second kappa shape index (κ2) is 9.77. The predicted molar refractivity (Wildman–Crippen MR) is 125 cm³/mol. The molecule has 2 heterocycles. The fourth-order valence-corrected chi connectivity index (χ4v) is 2.99. The summed E-state index contributed by atoms with van der Waals surface area (Å²) in [4.78, 5) is 14.3. The van der Waals surface area contributed by atoms with Gasteiger partial charge in [0.1, 0.15) is 17.2 Å². The molecule has 10 heteroatoms. The number of aromatic nitrogens is 5. The second-order valence-electron chi connectivity index (χ2n) is 7.02. The molecule has 0 unspecified atom stereocenters. The van der Waals surface area contributed by atoms with Gasteiger partial charge in [-0.2, -0.15) is 14.9 Å². The molecule has 4 rings (SSSR count). The number of anilines is 1. The number of hydrazone groups is 1. The summed E-state index contributed by atoms with van der Waals surface area (Å²) in [6.07, 6.45) is 1.56. The van der Waals surface area contributed by atoms with E-state index in [1.807, 2.05) is 68.4 Å². The highest BCUT2D eigenvalue weighted by molar-refractivity contribution is 5.85. The first-order chi connectivity index (χ1) is 16.0. The summed E-state index contributed by atoms with van der Waals surface area (Å²) in [5.74, 6) is 1.99. The maximum absolute atomic E-state index is 11.7. The Morgan fingerprint density at radius 3 is 2.45 bits per heavy atom. The van der Waals surface area contributed by atoms with E-state index < -0.39 is 0 Å². The van der Waals surface area contributed by atoms with Crippen LogP contribution in [-0.2, 0) is 0 Å². The van der Waals surface area contributed by atoms with Crippen LogP contribution >= 0.6 is 0 Å². The summed E-state index contributed by atoms with van der Waals surface area (Å²) in [5.41, 5.74) is 4.81. The van der Waals surface area contributed by atoms with E-state index in [1.54, 1.807) is 17.8 Å². The summed E-state index contributed by atoms with van der Waals surface area (Å²) in [6, 6.07) is 17.0. The molecule has 0 aliphatic rings. The Balaban J connectivity index is 1.67. The molecule has 0 amide bonds. The number of para-hydroxylation sites is 1. The van der Waals surface area contributed by atoms with Gasteiger partial charge in [-0.05, 0) is 57.2 Å². The van der Waals surface area contributed by atoms with Crippen molar-refractivity contribution in [3.05, 3.63) is 81.9 Å². The molecule has 2 aromatic heterocycles. The van der Waals surface area contributed by atoms with Crippen LogP contribution in [0.2, 0.25) is 0 Å². The standard InChI is InChI=1S/C23H23N7O3/c1-4-32-18-10-12-19(13-11-18)33-22-20(14-24-27-23-25-21(31)16(3)26-28-23)15(2)29-30(22)17-8-6-5-7-9-17/h5-14H,4H2,1-3H3,(H2,25,27,28,31)/b24-14-. The van der Waals surface area contributed by atoms with E-state index >= 15 is 0 Å². The molecule has 0 saturated carbocycles. The first-order valence-electron chi connectivity index (χ1n) is 10.3. The van der Waals surface area contributed by atoms with Crippen molar-refractivity contribution in [2.24, 2.45) is 5.10 Å². The monoisotopic (exact) mass is 445 g/mol. The van der Waals surface area contributed by atoms with E-state index in [4.69, 9.17) is 9.47 Å². The van der Waals surface area contributed by atoms with Gasteiger partial charge < -0.3 is 9.47 Å². The second-order valence-corrected chi connectivity index (χ2v) is 7.02. The molecule has 0 fully saturated rings. The van der Waals surface area contributed by atoms with Gasteiger partial charge in [-0.25, -0.2) is 5.43 Å². The first-order valence-corrected chi connectivity index (χ1v) is 10.3. The molecule has 4 aromatic rings. The Labute approximate surface area is 189 Å². The number of H-pyrrole nitrogens is 1. The third-order valence-corrected chi connectivity index (χ3v) is 4.64. The number of hydrogen-bond donors (Lipinski definition) is 2. The lowest BCUT2D eigenvalue weighted by molar-refractivity contribution is 0.339. The van der Waals surface area contributed by atoms with Gasteiger partial charge in [0.15, 0.2) is 0 Å². The van der Waals surface area contributed by atoms with Crippen LogP contribution in [0.25, 0.3) is 5.69 Å². The van der Waals surface area contributed by atoms with Gasteiger partial charge in [0.25, 0.3) is 5.56 Å². The Morgan fingerprint density at radius 2 is 1.76 bits per heavy atom. The Hall–Kier alpha value is -4.47. The lowest BCUT2D eigenvalue weighted by Crippen LogP contribution is -2.15. The Bertz CT molecular complexity index is 1310. The molecule has 0 aliphatic carbocycles. The van der Waals surface area contributed by atoms with Gasteiger partial charge in [-0.1, -0.05) is 18.2 Å². The molecule has 0 saturated heterocycles. The average Bonchev–Trinajstić information content (AvgIpc) is 3.13. The SMILES string of the molecule is CCOc1ccc(Oc2c(/C=N\Nc3nnc(C)c(=O)[nH]3)c(C)nn2-c2ccccc2)cc1. The number of benzene rings is 2. The average molecular weight is 445 g/mol. The third-order valence-electron chi connectivity index (χ3n) is 4.64. The van der Waals surface area contributed by atoms with E-state index in [9.17, 15) is 4.79 Å². The smallest absolute Gasteiger partial charge is 0.274 e. The van der Waals surface area contributed by atoms with E-state index in [0.717, 1.165) is 11.4 Å². The van der Waals surface area contributed by atoms with Gasteiger partial charge >= 0.3 is 0 Å². The summed E-state index contributed by atoms with van der Waals surface area (Å²) in [5, 5.41) is 16.5. The van der Waals surface area contributed by atoms with Crippen molar-refractivity contribution in [1.29, 1.82) is 0 Å². The highest BCUT2D eigenvalue weighted by Crippen LogP contribution is 2.30. The molecule has 33 heavy (non-hydrogen) atoms. The summed E-state index contributed by atoms with van der Waals surface area (Å²) in [7, 11) is 0. The van der Waals surface area contributed by atoms with Crippen molar-refractivity contribution in [1.82, 2.24) is 25.0 Å². The van der Waals surface area contributed by atoms with E-state index in [1.165, 1.54) is 0 Å². The highest BCUT2D eigenvalue weighted by atomic mass is 16.5. The maximum atomic E-state index is 11.7. The van der Waals surface area contributed by atoms with Crippen molar-refractivity contribution in [2.75, 3.05) is 12.0 Å². The fourth-order valence-electron chi connectivity index (χ4n) is 2.99. The number of hydrogen-bond acceptors (Lipinski definition) is 8. The van der Waals surface area contributed by atoms with Crippen LogP contribution in [0.1, 0.15) is 23.9 Å². The van der Waals surface area contributed by atoms with E-state index in [-0.39, 0.29) is 17.2 Å². The summed E-state index contributed by atoms with van der Waals surface area (Å²) < 4.78 is 13.4. The van der Waals surface area contributed by atoms with Crippen LogP contribution < -0.4 is 20.5 Å². The molecule has 168 valence electrons. The van der Waals surface area contributed by atoms with Crippen LogP contribution in [0.5, 0.6) is 17.4 Å². The Morgan fingerprint density at radius 1 is 1.03 bits per heavy atom. The van der Waals surface area contributed by atoms with Crippen molar-refractivity contribution in [3.63, 3.8) is 0 Å². The van der Waals surface area contributed by atoms with Gasteiger partial charge in [0, 0.05) is 0 Å². The molecule has 2 aromatic carbocycles. The van der Waals surface area contributed by atoms with Crippen LogP contribution in [0.15, 0.2) is 64.5 Å². The molecule has 0 radical (unpaired) electrons. The lowest BCUT2D eigenvalue weighted by Gasteiger charge is -2.11. The number of rotatable bonds is 8. The van der Waals surface area contributed by atoms with Gasteiger partial charge in [-0.3, -0.25) is 9.78 Å². The molecular formula is C23H23N7O3. The minimum absolute atomic E-state index is 0.129. The van der Waals surface area contributed by atoms with Crippen LogP contribution in [-0.4, -0.2) is 37.8 Å². The molecule has 0 bridgehead atoms. The van der Waals surface area contributed by atoms with Crippen LogP contribution in [0.3, 0.4) is 0 Å². The third kappa shape index (κ3) is 5.06. The van der Waals surface area contributed by atoms with Gasteiger partial charge in [0.05, 0.1) is 29.8 Å². The van der Waals surface area contributed by atoms with Crippen LogP contribution in [0, 0.1) is 13.8 Å². The molecule has 2 N–H and O–H groups in total. The number of aromatic amines is 1. The highest BCUT2D eigenvalue weighted by Gasteiger charge is 2.18. The zero-order valence-corrected chi connectivity index (χ0v) is 18.4. The van der Waals surface area contributed by atoms with Crippen molar-refractivity contribution in [3.8, 4) is 23.1 Å². The minimum atomic E-state index is -0.338. The molecular weight excluding hydrogens is 422 g/mol. The van der Waals surface area contributed by atoms with Gasteiger partial charge in [-0.15, -0.1) is 10.2 Å². The minimum Gasteiger partial charge on any atom is -0.494 e. The molecule has 0 atom stereocenters. The van der Waals surface area contributed by atoms with Crippen molar-refractivity contribution in [2.45, 2.75) is 20.8 Å². The van der Waals surface area contributed by atoms with Crippen molar-refractivity contribution >= 4 is 12.2 Å². The summed E-state index contributed by atoms with van der Waals surface area (Å²) >= 11 is 0. The van der Waals surface area contributed by atoms with Crippen molar-refractivity contribution < 1.29 is 9.47 Å². The normalized spacial score (nSPS) is 11.0.